The summed E-state index contributed by atoms with van der Waals surface area (Å²) >= 11 is 4.86. The lowest BCUT2D eigenvalue weighted by atomic mass is 10.2. The molecule has 1 aromatic heterocycles. The van der Waals surface area contributed by atoms with Crippen molar-refractivity contribution in [3.05, 3.63) is 50.6 Å². The number of benzene rings is 1. The molecule has 2 N–H and O–H groups in total. The van der Waals surface area contributed by atoms with Crippen LogP contribution in [0.25, 0.3) is 0 Å². The van der Waals surface area contributed by atoms with E-state index >= 15 is 0 Å². The smallest absolute Gasteiger partial charge is 0.331 e. The second kappa shape index (κ2) is 5.54. The molecule has 18 heavy (non-hydrogen) atoms. The highest BCUT2D eigenvalue weighted by Gasteiger charge is 2.21. The molecule has 1 atom stereocenters. The molecule has 1 heterocycles. The fourth-order valence-corrected chi connectivity index (χ4v) is 2.93. The Labute approximate surface area is 118 Å². The van der Waals surface area contributed by atoms with Gasteiger partial charge in [-0.1, -0.05) is 22.0 Å². The van der Waals surface area contributed by atoms with Crippen molar-refractivity contribution in [3.63, 3.8) is 0 Å². The summed E-state index contributed by atoms with van der Waals surface area (Å²) in [5.41, 5.74) is 0.780. The monoisotopic (exact) mass is 325 g/mol. The van der Waals surface area contributed by atoms with Crippen molar-refractivity contribution < 1.29 is 9.90 Å². The third-order valence-corrected chi connectivity index (χ3v) is 3.99. The number of hydrogen-bond acceptors (Lipinski definition) is 3. The summed E-state index contributed by atoms with van der Waals surface area (Å²) in [6.07, 6.45) is 0. The molecule has 0 fully saturated rings. The van der Waals surface area contributed by atoms with Gasteiger partial charge in [0.15, 0.2) is 6.04 Å². The van der Waals surface area contributed by atoms with E-state index in [0.717, 1.165) is 19.9 Å². The molecule has 0 bridgehead atoms. The first-order valence-electron chi connectivity index (χ1n) is 5.37. The highest BCUT2D eigenvalue weighted by Crippen LogP contribution is 2.27. The second-order valence-corrected chi connectivity index (χ2v) is 6.11. The van der Waals surface area contributed by atoms with Crippen LogP contribution in [0, 0.1) is 6.92 Å². The first-order valence-corrected chi connectivity index (χ1v) is 6.98. The van der Waals surface area contributed by atoms with E-state index in [1.165, 1.54) is 11.3 Å². The minimum atomic E-state index is -0.878. The number of anilines is 1. The number of aryl methyl sites for hydroxylation is 1. The summed E-state index contributed by atoms with van der Waals surface area (Å²) in [4.78, 5) is 13.2. The topological polar surface area (TPSA) is 49.3 Å². The van der Waals surface area contributed by atoms with Gasteiger partial charge in [-0.15, -0.1) is 11.3 Å². The van der Waals surface area contributed by atoms with Gasteiger partial charge >= 0.3 is 5.97 Å². The fourth-order valence-electron chi connectivity index (χ4n) is 1.61. The molecule has 3 nitrogen and oxygen atoms in total. The largest absolute Gasteiger partial charge is 0.479 e. The number of thiophene rings is 1. The summed E-state index contributed by atoms with van der Waals surface area (Å²) in [6.45, 7) is 1.96. The van der Waals surface area contributed by atoms with Crippen molar-refractivity contribution in [2.45, 2.75) is 13.0 Å². The molecule has 2 aromatic rings. The van der Waals surface area contributed by atoms with Crippen molar-refractivity contribution in [3.8, 4) is 0 Å². The Bertz CT molecular complexity index is 568. The highest BCUT2D eigenvalue weighted by atomic mass is 79.9. The van der Waals surface area contributed by atoms with Gasteiger partial charge in [-0.05, 0) is 37.3 Å². The van der Waals surface area contributed by atoms with E-state index < -0.39 is 12.0 Å². The molecule has 0 aliphatic carbocycles. The SMILES string of the molecule is Cc1ccc(C(Nc2cccc(Br)c2)C(=O)O)s1. The third kappa shape index (κ3) is 3.11. The second-order valence-electron chi connectivity index (χ2n) is 3.87. The number of nitrogens with one attached hydrogen (secondary N) is 1. The lowest BCUT2D eigenvalue weighted by molar-refractivity contribution is -0.138. The van der Waals surface area contributed by atoms with Gasteiger partial charge in [-0.3, -0.25) is 0 Å². The number of halogens is 1. The van der Waals surface area contributed by atoms with Crippen LogP contribution in [0.4, 0.5) is 5.69 Å². The molecular formula is C13H12BrNO2S. The summed E-state index contributed by atoms with van der Waals surface area (Å²) in [7, 11) is 0. The summed E-state index contributed by atoms with van der Waals surface area (Å²) in [6, 6.07) is 10.5. The Kier molecular flexibility index (Phi) is 4.04. The quantitative estimate of drug-likeness (QED) is 0.891. The van der Waals surface area contributed by atoms with Crippen molar-refractivity contribution in [2.24, 2.45) is 0 Å². The van der Waals surface area contributed by atoms with Gasteiger partial charge in [-0.2, -0.15) is 0 Å². The van der Waals surface area contributed by atoms with Gasteiger partial charge in [0, 0.05) is 19.9 Å². The van der Waals surface area contributed by atoms with Crippen molar-refractivity contribution in [1.29, 1.82) is 0 Å². The lowest BCUT2D eigenvalue weighted by Gasteiger charge is -2.14. The predicted octanol–water partition coefficient (Wildman–Crippen LogP) is 4.06. The Balaban J connectivity index is 2.24. The third-order valence-electron chi connectivity index (χ3n) is 2.43. The van der Waals surface area contributed by atoms with E-state index in [1.807, 2.05) is 43.3 Å². The molecule has 1 aromatic carbocycles. The van der Waals surface area contributed by atoms with Gasteiger partial charge < -0.3 is 10.4 Å². The van der Waals surface area contributed by atoms with Crippen molar-refractivity contribution in [1.82, 2.24) is 0 Å². The van der Waals surface area contributed by atoms with Crippen LogP contribution < -0.4 is 5.32 Å². The number of carbonyl (C=O) groups is 1. The Morgan fingerprint density at radius 3 is 2.72 bits per heavy atom. The predicted molar refractivity (Wildman–Crippen MR) is 77.2 cm³/mol. The normalized spacial score (nSPS) is 12.1. The maximum Gasteiger partial charge on any atom is 0.331 e. The van der Waals surface area contributed by atoms with Crippen LogP contribution in [0.5, 0.6) is 0 Å². The molecule has 0 amide bonds. The van der Waals surface area contributed by atoms with Crippen LogP contribution in [0.3, 0.4) is 0 Å². The zero-order valence-corrected chi connectivity index (χ0v) is 12.1. The van der Waals surface area contributed by atoms with E-state index in [9.17, 15) is 9.90 Å². The average molecular weight is 326 g/mol. The lowest BCUT2D eigenvalue weighted by Crippen LogP contribution is -2.19. The number of carboxylic acids is 1. The first-order chi connectivity index (χ1) is 8.56. The number of hydrogen-bond donors (Lipinski definition) is 2. The molecule has 0 saturated carbocycles. The molecule has 94 valence electrons. The molecule has 0 saturated heterocycles. The average Bonchev–Trinajstić information content (AvgIpc) is 2.72. The molecule has 2 rings (SSSR count). The maximum atomic E-state index is 11.3. The minimum Gasteiger partial charge on any atom is -0.479 e. The van der Waals surface area contributed by atoms with E-state index in [4.69, 9.17) is 0 Å². The Morgan fingerprint density at radius 2 is 2.17 bits per heavy atom. The van der Waals surface area contributed by atoms with Gasteiger partial charge in [0.2, 0.25) is 0 Å². The van der Waals surface area contributed by atoms with Crippen LogP contribution >= 0.6 is 27.3 Å². The van der Waals surface area contributed by atoms with Crippen molar-refractivity contribution >= 4 is 38.9 Å². The van der Waals surface area contributed by atoms with Crippen LogP contribution in [0.15, 0.2) is 40.9 Å². The molecule has 5 heteroatoms. The first kappa shape index (κ1) is 13.1. The fraction of sp³-hybridized carbons (Fsp3) is 0.154. The van der Waals surface area contributed by atoms with Gasteiger partial charge in [0.1, 0.15) is 0 Å². The van der Waals surface area contributed by atoms with Gasteiger partial charge in [-0.25, -0.2) is 4.79 Å². The Morgan fingerprint density at radius 1 is 1.39 bits per heavy atom. The molecule has 0 radical (unpaired) electrons. The number of aliphatic carboxylic acids is 1. The van der Waals surface area contributed by atoms with Gasteiger partial charge in [0.25, 0.3) is 0 Å². The number of rotatable bonds is 4. The van der Waals surface area contributed by atoms with Crippen LogP contribution in [0.2, 0.25) is 0 Å². The van der Waals surface area contributed by atoms with E-state index in [-0.39, 0.29) is 0 Å². The van der Waals surface area contributed by atoms with Crippen LogP contribution in [-0.4, -0.2) is 11.1 Å². The standard InChI is InChI=1S/C13H12BrNO2S/c1-8-5-6-11(18-8)12(13(16)17)15-10-4-2-3-9(14)7-10/h2-7,12,15H,1H3,(H,16,17). The van der Waals surface area contributed by atoms with E-state index in [2.05, 4.69) is 21.2 Å². The van der Waals surface area contributed by atoms with E-state index in [0.29, 0.717) is 0 Å². The zero-order chi connectivity index (χ0) is 13.1. The minimum absolute atomic E-state index is 0.710. The summed E-state index contributed by atoms with van der Waals surface area (Å²) in [5.74, 6) is -0.878. The van der Waals surface area contributed by atoms with Crippen molar-refractivity contribution in [2.75, 3.05) is 5.32 Å². The summed E-state index contributed by atoms with van der Waals surface area (Å²) < 4.78 is 0.916. The molecule has 1 unspecified atom stereocenters. The molecule has 0 aliphatic rings. The molecule has 0 spiro atoms. The van der Waals surface area contributed by atoms with E-state index in [1.54, 1.807) is 0 Å². The number of carboxylic acid groups (broad SMARTS) is 1. The zero-order valence-electron chi connectivity index (χ0n) is 9.68. The van der Waals surface area contributed by atoms with Crippen LogP contribution in [0.1, 0.15) is 15.8 Å². The highest BCUT2D eigenvalue weighted by molar-refractivity contribution is 9.10. The maximum absolute atomic E-state index is 11.3. The summed E-state index contributed by atoms with van der Waals surface area (Å²) in [5, 5.41) is 12.3. The van der Waals surface area contributed by atoms with Gasteiger partial charge in [0.05, 0.1) is 0 Å². The van der Waals surface area contributed by atoms with Crippen LogP contribution in [-0.2, 0) is 4.79 Å². The molecule has 0 aliphatic heterocycles. The Hall–Kier alpha value is -1.33. The molecular weight excluding hydrogens is 314 g/mol.